The summed E-state index contributed by atoms with van der Waals surface area (Å²) in [6.07, 6.45) is 6.58. The number of urea groups is 1. The van der Waals surface area contributed by atoms with Gasteiger partial charge in [0.25, 0.3) is 0 Å². The molecule has 4 aliphatic rings. The van der Waals surface area contributed by atoms with Crippen LogP contribution in [-0.4, -0.2) is 64.9 Å². The second-order valence-electron chi connectivity index (χ2n) is 9.42. The van der Waals surface area contributed by atoms with E-state index in [4.69, 9.17) is 5.73 Å². The van der Waals surface area contributed by atoms with Crippen molar-refractivity contribution in [3.8, 4) is 0 Å². The lowest BCUT2D eigenvalue weighted by atomic mass is 9.73. The number of hydrogen-bond acceptors (Lipinski definition) is 3. The quantitative estimate of drug-likeness (QED) is 0.835. The molecule has 0 radical (unpaired) electrons. The summed E-state index contributed by atoms with van der Waals surface area (Å²) < 4.78 is 0. The first kappa shape index (κ1) is 18.9. The number of benzene rings is 1. The largest absolute Gasteiger partial charge is 0.351 e. The van der Waals surface area contributed by atoms with Crippen LogP contribution in [-0.2, 0) is 4.79 Å². The van der Waals surface area contributed by atoms with Gasteiger partial charge in [0.1, 0.15) is 6.04 Å². The lowest BCUT2D eigenvalue weighted by molar-refractivity contribution is -0.142. The molecule has 4 saturated heterocycles. The minimum atomic E-state index is -0.456. The first-order chi connectivity index (χ1) is 14.1. The first-order valence-electron chi connectivity index (χ1n) is 11.3. The minimum absolute atomic E-state index is 0.125. The van der Waals surface area contributed by atoms with Gasteiger partial charge >= 0.3 is 6.03 Å². The van der Waals surface area contributed by atoms with Crippen molar-refractivity contribution in [2.75, 3.05) is 26.2 Å². The Morgan fingerprint density at radius 3 is 2.59 bits per heavy atom. The highest BCUT2D eigenvalue weighted by atomic mass is 16.2. The molecule has 4 fully saturated rings. The second-order valence-corrected chi connectivity index (χ2v) is 9.42. The summed E-state index contributed by atoms with van der Waals surface area (Å²) in [5.74, 6) is 1.20. The molecule has 5 atom stereocenters. The van der Waals surface area contributed by atoms with E-state index in [1.165, 1.54) is 31.2 Å². The number of nitrogens with zero attached hydrogens (tertiary/aromatic N) is 3. The van der Waals surface area contributed by atoms with Crippen LogP contribution in [0.1, 0.15) is 50.1 Å². The first-order valence-corrected chi connectivity index (χ1v) is 11.3. The predicted molar refractivity (Wildman–Crippen MR) is 111 cm³/mol. The molecule has 5 rings (SSSR count). The predicted octanol–water partition coefficient (Wildman–Crippen LogP) is 2.60. The van der Waals surface area contributed by atoms with Crippen LogP contribution in [0.15, 0.2) is 30.3 Å². The number of primary amides is 1. The smallest absolute Gasteiger partial charge is 0.315 e. The lowest BCUT2D eigenvalue weighted by Crippen LogP contribution is -2.62. The maximum Gasteiger partial charge on any atom is 0.315 e. The van der Waals surface area contributed by atoms with Gasteiger partial charge in [-0.3, -0.25) is 9.69 Å². The van der Waals surface area contributed by atoms with Gasteiger partial charge in [-0.2, -0.15) is 0 Å². The molecule has 4 heterocycles. The number of amides is 3. The van der Waals surface area contributed by atoms with Crippen molar-refractivity contribution in [1.29, 1.82) is 0 Å². The molecule has 1 aromatic carbocycles. The molecule has 6 nitrogen and oxygen atoms in total. The Morgan fingerprint density at radius 2 is 1.79 bits per heavy atom. The Hall–Kier alpha value is -2.08. The summed E-state index contributed by atoms with van der Waals surface area (Å²) in [5.41, 5.74) is 6.95. The van der Waals surface area contributed by atoms with Crippen molar-refractivity contribution in [2.24, 2.45) is 17.6 Å². The van der Waals surface area contributed by atoms with Crippen molar-refractivity contribution < 1.29 is 9.59 Å². The molecule has 29 heavy (non-hydrogen) atoms. The van der Waals surface area contributed by atoms with Crippen LogP contribution >= 0.6 is 0 Å². The average Bonchev–Trinajstić information content (AvgIpc) is 3.23. The van der Waals surface area contributed by atoms with Crippen molar-refractivity contribution >= 4 is 11.9 Å². The molecule has 2 bridgehead atoms. The van der Waals surface area contributed by atoms with Gasteiger partial charge in [-0.05, 0) is 55.9 Å². The number of nitrogens with two attached hydrogens (primary N) is 1. The van der Waals surface area contributed by atoms with Crippen molar-refractivity contribution in [1.82, 2.24) is 14.7 Å². The fraction of sp³-hybridized carbons (Fsp3) is 0.652. The van der Waals surface area contributed by atoms with Crippen LogP contribution in [0.25, 0.3) is 0 Å². The van der Waals surface area contributed by atoms with Crippen molar-refractivity contribution in [3.05, 3.63) is 35.9 Å². The summed E-state index contributed by atoms with van der Waals surface area (Å²) in [4.78, 5) is 31.4. The van der Waals surface area contributed by atoms with E-state index in [2.05, 4.69) is 40.1 Å². The van der Waals surface area contributed by atoms with E-state index < -0.39 is 6.03 Å². The minimum Gasteiger partial charge on any atom is -0.351 e. The Bertz CT molecular complexity index is 769. The Balaban J connectivity index is 1.32. The maximum atomic E-state index is 13.3. The molecule has 0 aromatic heterocycles. The summed E-state index contributed by atoms with van der Waals surface area (Å²) in [7, 11) is 0. The zero-order valence-corrected chi connectivity index (χ0v) is 17.1. The van der Waals surface area contributed by atoms with Crippen LogP contribution in [0.2, 0.25) is 0 Å². The monoisotopic (exact) mass is 396 g/mol. The standard InChI is InChI=1S/C23H32N4O2/c24-23(29)26-11-5-10-21(26)22(28)25-13-16-12-18(15-25)20-9-4-8-19(27(20)14-16)17-6-2-1-3-7-17/h1-3,6-7,16,18-21H,4-5,8-15H2,(H2,24,29)/t16-,18+,19+,20-,21-/m0/s1. The molecule has 1 aromatic rings. The van der Waals surface area contributed by atoms with Crippen LogP contribution in [0, 0.1) is 11.8 Å². The molecular formula is C23H32N4O2. The average molecular weight is 397 g/mol. The van der Waals surface area contributed by atoms with Crippen LogP contribution in [0.5, 0.6) is 0 Å². The molecule has 0 unspecified atom stereocenters. The van der Waals surface area contributed by atoms with E-state index in [1.54, 1.807) is 4.90 Å². The fourth-order valence-corrected chi connectivity index (χ4v) is 6.52. The molecule has 0 spiro atoms. The number of hydrogen-bond donors (Lipinski definition) is 1. The van der Waals surface area contributed by atoms with Gasteiger partial charge in [-0.15, -0.1) is 0 Å². The van der Waals surface area contributed by atoms with Crippen molar-refractivity contribution in [2.45, 2.75) is 56.7 Å². The lowest BCUT2D eigenvalue weighted by Gasteiger charge is -2.55. The summed E-state index contributed by atoms with van der Waals surface area (Å²) in [5, 5.41) is 0. The summed E-state index contributed by atoms with van der Waals surface area (Å²) >= 11 is 0. The van der Waals surface area contributed by atoms with Gasteiger partial charge in [0, 0.05) is 38.3 Å². The number of likely N-dealkylation sites (tertiary alicyclic amines) is 2. The summed E-state index contributed by atoms with van der Waals surface area (Å²) in [6.45, 7) is 3.35. The van der Waals surface area contributed by atoms with E-state index in [0.717, 1.165) is 32.5 Å². The van der Waals surface area contributed by atoms with Gasteiger partial charge < -0.3 is 15.5 Å². The third-order valence-corrected chi connectivity index (χ3v) is 7.70. The normalized spacial score (nSPS) is 34.7. The Morgan fingerprint density at radius 1 is 0.966 bits per heavy atom. The SMILES string of the molecule is NC(=O)N1CCC[C@H]1C(=O)N1C[C@@H]2C[C@H](C1)[C@@H]1CCC[C@H](c3ccccc3)N1C2. The number of rotatable bonds is 2. The molecule has 0 saturated carbocycles. The van der Waals surface area contributed by atoms with Gasteiger partial charge in [0.2, 0.25) is 5.91 Å². The van der Waals surface area contributed by atoms with E-state index in [-0.39, 0.29) is 11.9 Å². The highest BCUT2D eigenvalue weighted by Gasteiger charge is 2.47. The molecule has 156 valence electrons. The summed E-state index contributed by atoms with van der Waals surface area (Å²) in [6, 6.07) is 11.2. The van der Waals surface area contributed by atoms with E-state index in [1.807, 2.05) is 0 Å². The molecule has 2 N–H and O–H groups in total. The van der Waals surface area contributed by atoms with E-state index >= 15 is 0 Å². The topological polar surface area (TPSA) is 69.9 Å². The van der Waals surface area contributed by atoms with Crippen LogP contribution in [0.3, 0.4) is 0 Å². The van der Waals surface area contributed by atoms with Gasteiger partial charge in [0.05, 0.1) is 0 Å². The number of carbonyl (C=O) groups is 2. The molecule has 6 heteroatoms. The van der Waals surface area contributed by atoms with Gasteiger partial charge in [-0.1, -0.05) is 30.3 Å². The molecule has 4 aliphatic heterocycles. The highest BCUT2D eigenvalue weighted by molar-refractivity contribution is 5.87. The second kappa shape index (κ2) is 7.63. The number of piperidine rings is 3. The third kappa shape index (κ3) is 3.41. The van der Waals surface area contributed by atoms with Gasteiger partial charge in [-0.25, -0.2) is 4.79 Å². The van der Waals surface area contributed by atoms with Crippen LogP contribution in [0.4, 0.5) is 4.79 Å². The molecule has 0 aliphatic carbocycles. The Labute approximate surface area is 173 Å². The molecular weight excluding hydrogens is 364 g/mol. The van der Waals surface area contributed by atoms with E-state index in [0.29, 0.717) is 30.5 Å². The fourth-order valence-electron chi connectivity index (χ4n) is 6.52. The van der Waals surface area contributed by atoms with Crippen LogP contribution < -0.4 is 5.73 Å². The zero-order chi connectivity index (χ0) is 20.0. The Kier molecular flexibility index (Phi) is 4.98. The zero-order valence-electron chi connectivity index (χ0n) is 17.1. The number of carbonyl (C=O) groups excluding carboxylic acids is 2. The number of fused-ring (bicyclic) bond motifs is 4. The van der Waals surface area contributed by atoms with E-state index in [9.17, 15) is 9.59 Å². The molecule has 3 amide bonds. The van der Waals surface area contributed by atoms with Gasteiger partial charge in [0.15, 0.2) is 0 Å². The van der Waals surface area contributed by atoms with Crippen molar-refractivity contribution in [3.63, 3.8) is 0 Å². The third-order valence-electron chi connectivity index (χ3n) is 7.70. The highest BCUT2D eigenvalue weighted by Crippen LogP contribution is 2.44. The maximum absolute atomic E-state index is 13.3.